The van der Waals surface area contributed by atoms with Crippen LogP contribution in [0.3, 0.4) is 0 Å². The average molecular weight is 303 g/mol. The molecule has 0 aliphatic rings. The first-order chi connectivity index (χ1) is 10.1. The molecule has 21 heavy (non-hydrogen) atoms. The SMILES string of the molecule is Cc1cccc(CS(=O)CCCOc2ccc(N)cc2)c1. The summed E-state index contributed by atoms with van der Waals surface area (Å²) in [4.78, 5) is 0. The summed E-state index contributed by atoms with van der Waals surface area (Å²) in [5.41, 5.74) is 8.67. The Kier molecular flexibility index (Phi) is 5.81. The topological polar surface area (TPSA) is 52.3 Å². The summed E-state index contributed by atoms with van der Waals surface area (Å²) in [6, 6.07) is 15.5. The summed E-state index contributed by atoms with van der Waals surface area (Å²) >= 11 is 0. The Morgan fingerprint density at radius 2 is 1.90 bits per heavy atom. The Hall–Kier alpha value is -1.81. The van der Waals surface area contributed by atoms with Crippen LogP contribution in [-0.2, 0) is 16.6 Å². The zero-order valence-electron chi connectivity index (χ0n) is 12.2. The van der Waals surface area contributed by atoms with Gasteiger partial charge >= 0.3 is 0 Å². The second-order valence-corrected chi connectivity index (χ2v) is 6.62. The van der Waals surface area contributed by atoms with Crippen LogP contribution in [0, 0.1) is 6.92 Å². The fourth-order valence-electron chi connectivity index (χ4n) is 2.03. The van der Waals surface area contributed by atoms with Gasteiger partial charge in [-0.2, -0.15) is 0 Å². The number of aryl methyl sites for hydroxylation is 1. The lowest BCUT2D eigenvalue weighted by Crippen LogP contribution is -2.06. The van der Waals surface area contributed by atoms with Gasteiger partial charge in [0.25, 0.3) is 0 Å². The third-order valence-electron chi connectivity index (χ3n) is 3.08. The number of benzene rings is 2. The van der Waals surface area contributed by atoms with E-state index >= 15 is 0 Å². The van der Waals surface area contributed by atoms with E-state index in [9.17, 15) is 4.21 Å². The summed E-state index contributed by atoms with van der Waals surface area (Å²) < 4.78 is 17.6. The van der Waals surface area contributed by atoms with Gasteiger partial charge in [-0.25, -0.2) is 0 Å². The minimum atomic E-state index is -0.841. The van der Waals surface area contributed by atoms with Gasteiger partial charge in [0.2, 0.25) is 0 Å². The van der Waals surface area contributed by atoms with Crippen molar-refractivity contribution in [2.45, 2.75) is 19.1 Å². The number of nitrogens with two attached hydrogens (primary N) is 1. The van der Waals surface area contributed by atoms with Crippen molar-refractivity contribution in [1.29, 1.82) is 0 Å². The van der Waals surface area contributed by atoms with Gasteiger partial charge in [0, 0.05) is 28.0 Å². The largest absolute Gasteiger partial charge is 0.494 e. The Labute approximate surface area is 128 Å². The van der Waals surface area contributed by atoms with Gasteiger partial charge in [0.1, 0.15) is 5.75 Å². The Morgan fingerprint density at radius 3 is 2.62 bits per heavy atom. The second-order valence-electron chi connectivity index (χ2n) is 5.05. The molecular weight excluding hydrogens is 282 g/mol. The lowest BCUT2D eigenvalue weighted by Gasteiger charge is -2.07. The number of ether oxygens (including phenoxy) is 1. The van der Waals surface area contributed by atoms with E-state index in [1.54, 1.807) is 0 Å². The van der Waals surface area contributed by atoms with Gasteiger partial charge in [0.05, 0.1) is 6.61 Å². The van der Waals surface area contributed by atoms with E-state index in [-0.39, 0.29) is 0 Å². The van der Waals surface area contributed by atoms with Crippen molar-refractivity contribution < 1.29 is 8.95 Å². The second kappa shape index (κ2) is 7.84. The molecule has 0 aliphatic carbocycles. The predicted octanol–water partition coefficient (Wildman–Crippen LogP) is 3.30. The van der Waals surface area contributed by atoms with Crippen molar-refractivity contribution in [2.24, 2.45) is 0 Å². The molecule has 2 rings (SSSR count). The number of rotatable bonds is 7. The van der Waals surface area contributed by atoms with E-state index in [2.05, 4.69) is 6.07 Å². The van der Waals surface area contributed by atoms with Crippen LogP contribution in [0.5, 0.6) is 5.75 Å². The molecule has 4 heteroatoms. The van der Waals surface area contributed by atoms with Crippen LogP contribution in [0.4, 0.5) is 5.69 Å². The minimum absolute atomic E-state index is 0.573. The smallest absolute Gasteiger partial charge is 0.119 e. The number of anilines is 1. The summed E-state index contributed by atoms with van der Waals surface area (Å²) in [7, 11) is -0.841. The lowest BCUT2D eigenvalue weighted by molar-refractivity contribution is 0.318. The fraction of sp³-hybridized carbons (Fsp3) is 0.294. The molecule has 2 aromatic rings. The van der Waals surface area contributed by atoms with E-state index in [4.69, 9.17) is 10.5 Å². The standard InChI is InChI=1S/C17H21NO2S/c1-14-4-2-5-15(12-14)13-21(19)11-3-10-20-17-8-6-16(18)7-9-17/h2,4-9,12H,3,10-11,13,18H2,1H3. The number of hydrogen-bond acceptors (Lipinski definition) is 3. The zero-order valence-corrected chi connectivity index (χ0v) is 13.1. The third-order valence-corrected chi connectivity index (χ3v) is 4.47. The van der Waals surface area contributed by atoms with Gasteiger partial charge in [-0.3, -0.25) is 4.21 Å². The number of hydrogen-bond donors (Lipinski definition) is 1. The van der Waals surface area contributed by atoms with Crippen molar-refractivity contribution in [1.82, 2.24) is 0 Å². The van der Waals surface area contributed by atoms with Crippen LogP contribution in [-0.4, -0.2) is 16.6 Å². The van der Waals surface area contributed by atoms with E-state index in [0.29, 0.717) is 18.1 Å². The van der Waals surface area contributed by atoms with E-state index in [1.807, 2.05) is 49.4 Å². The molecule has 0 spiro atoms. The van der Waals surface area contributed by atoms with Gasteiger partial charge in [0.15, 0.2) is 0 Å². The van der Waals surface area contributed by atoms with Gasteiger partial charge in [-0.15, -0.1) is 0 Å². The molecule has 2 aromatic carbocycles. The van der Waals surface area contributed by atoms with Crippen LogP contribution in [0.15, 0.2) is 48.5 Å². The Bertz CT molecular complexity index is 596. The van der Waals surface area contributed by atoms with Crippen molar-refractivity contribution >= 4 is 16.5 Å². The van der Waals surface area contributed by atoms with Crippen LogP contribution in [0.2, 0.25) is 0 Å². The van der Waals surface area contributed by atoms with E-state index < -0.39 is 10.8 Å². The molecule has 0 saturated carbocycles. The third kappa shape index (κ3) is 5.60. The molecule has 1 atom stereocenters. The van der Waals surface area contributed by atoms with E-state index in [1.165, 1.54) is 5.56 Å². The van der Waals surface area contributed by atoms with Crippen LogP contribution in [0.1, 0.15) is 17.5 Å². The zero-order chi connectivity index (χ0) is 15.1. The normalized spacial score (nSPS) is 12.0. The first-order valence-electron chi connectivity index (χ1n) is 7.02. The first-order valence-corrected chi connectivity index (χ1v) is 8.51. The monoisotopic (exact) mass is 303 g/mol. The quantitative estimate of drug-likeness (QED) is 0.631. The highest BCUT2D eigenvalue weighted by Gasteiger charge is 2.03. The summed E-state index contributed by atoms with van der Waals surface area (Å²) in [5.74, 6) is 2.07. The molecule has 0 fully saturated rings. The summed E-state index contributed by atoms with van der Waals surface area (Å²) in [6.07, 6.45) is 0.781. The van der Waals surface area contributed by atoms with Crippen molar-refractivity contribution in [3.05, 3.63) is 59.7 Å². The predicted molar refractivity (Wildman–Crippen MR) is 88.9 cm³/mol. The molecule has 0 bridgehead atoms. The maximum absolute atomic E-state index is 12.0. The summed E-state index contributed by atoms with van der Waals surface area (Å²) in [5, 5.41) is 0. The van der Waals surface area contributed by atoms with Gasteiger partial charge < -0.3 is 10.5 Å². The fourth-order valence-corrected chi connectivity index (χ4v) is 3.17. The maximum atomic E-state index is 12.0. The number of nitrogen functional groups attached to an aromatic ring is 1. The van der Waals surface area contributed by atoms with Crippen molar-refractivity contribution in [3.8, 4) is 5.75 Å². The van der Waals surface area contributed by atoms with Crippen LogP contribution < -0.4 is 10.5 Å². The van der Waals surface area contributed by atoms with Crippen molar-refractivity contribution in [2.75, 3.05) is 18.1 Å². The van der Waals surface area contributed by atoms with E-state index in [0.717, 1.165) is 23.4 Å². The molecule has 0 aromatic heterocycles. The Morgan fingerprint density at radius 1 is 1.14 bits per heavy atom. The van der Waals surface area contributed by atoms with Crippen LogP contribution in [0.25, 0.3) is 0 Å². The molecule has 3 nitrogen and oxygen atoms in total. The van der Waals surface area contributed by atoms with Crippen molar-refractivity contribution in [3.63, 3.8) is 0 Å². The minimum Gasteiger partial charge on any atom is -0.494 e. The lowest BCUT2D eigenvalue weighted by atomic mass is 10.2. The van der Waals surface area contributed by atoms with Gasteiger partial charge in [-0.05, 0) is 43.2 Å². The molecule has 0 saturated heterocycles. The summed E-state index contributed by atoms with van der Waals surface area (Å²) in [6.45, 7) is 2.62. The Balaban J connectivity index is 1.68. The molecule has 0 radical (unpaired) electrons. The first kappa shape index (κ1) is 15.6. The highest BCUT2D eigenvalue weighted by atomic mass is 32.2. The molecule has 1 unspecified atom stereocenters. The molecule has 112 valence electrons. The molecule has 0 aliphatic heterocycles. The highest BCUT2D eigenvalue weighted by molar-refractivity contribution is 7.84. The van der Waals surface area contributed by atoms with Gasteiger partial charge in [-0.1, -0.05) is 29.8 Å². The molecule has 2 N–H and O–H groups in total. The highest BCUT2D eigenvalue weighted by Crippen LogP contribution is 2.13. The molecule has 0 amide bonds. The average Bonchev–Trinajstić information content (AvgIpc) is 2.45. The molecular formula is C17H21NO2S. The molecule has 0 heterocycles. The van der Waals surface area contributed by atoms with Crippen LogP contribution >= 0.6 is 0 Å². The maximum Gasteiger partial charge on any atom is 0.119 e.